The summed E-state index contributed by atoms with van der Waals surface area (Å²) in [7, 11) is 1.68. The van der Waals surface area contributed by atoms with Crippen molar-refractivity contribution in [3.63, 3.8) is 0 Å². The molecule has 0 aliphatic carbocycles. The number of para-hydroxylation sites is 1. The zero-order valence-electron chi connectivity index (χ0n) is 18.7. The number of hydrogen-bond donors (Lipinski definition) is 0. The van der Waals surface area contributed by atoms with E-state index in [1.54, 1.807) is 23.9 Å². The summed E-state index contributed by atoms with van der Waals surface area (Å²) in [6, 6.07) is 23.6. The van der Waals surface area contributed by atoms with Crippen LogP contribution in [0, 0.1) is 5.82 Å². The van der Waals surface area contributed by atoms with Crippen molar-refractivity contribution in [2.45, 2.75) is 6.61 Å². The lowest BCUT2D eigenvalue weighted by atomic mass is 10.1. The van der Waals surface area contributed by atoms with Crippen LogP contribution in [0.25, 0.3) is 23.0 Å². The highest BCUT2D eigenvalue weighted by Crippen LogP contribution is 2.34. The maximum atomic E-state index is 13.2. The Hall–Kier alpha value is -3.75. The first kappa shape index (κ1) is 23.0. The van der Waals surface area contributed by atoms with Gasteiger partial charge in [-0.25, -0.2) is 9.07 Å². The second-order valence-electron chi connectivity index (χ2n) is 7.90. The summed E-state index contributed by atoms with van der Waals surface area (Å²) < 4.78 is 21.4. The summed E-state index contributed by atoms with van der Waals surface area (Å²) in [6.07, 6.45) is 3.73. The summed E-state index contributed by atoms with van der Waals surface area (Å²) in [5.41, 5.74) is 4.11. The lowest BCUT2D eigenvalue weighted by Gasteiger charge is -2.08. The fraction of sp³-hybridized carbons (Fsp3) is 0.0741. The largest absolute Gasteiger partial charge is 0.489 e. The van der Waals surface area contributed by atoms with Gasteiger partial charge in [0.15, 0.2) is 0 Å². The number of hydrogen-bond acceptors (Lipinski definition) is 5. The van der Waals surface area contributed by atoms with Gasteiger partial charge in [0.25, 0.3) is 5.91 Å². The van der Waals surface area contributed by atoms with E-state index in [-0.39, 0.29) is 11.7 Å². The highest BCUT2D eigenvalue weighted by Gasteiger charge is 2.29. The molecule has 8 heteroatoms. The third-order valence-electron chi connectivity index (χ3n) is 5.46. The summed E-state index contributed by atoms with van der Waals surface area (Å²) in [5.74, 6) is 0.249. The average Bonchev–Trinajstić information content (AvgIpc) is 3.41. The van der Waals surface area contributed by atoms with Gasteiger partial charge in [-0.2, -0.15) is 5.10 Å². The summed E-state index contributed by atoms with van der Waals surface area (Å²) in [6.45, 7) is 0.314. The van der Waals surface area contributed by atoms with Crippen molar-refractivity contribution in [1.82, 2.24) is 14.7 Å². The Bertz CT molecular complexity index is 1430. The molecule has 5 rings (SSSR count). The van der Waals surface area contributed by atoms with Crippen molar-refractivity contribution in [3.8, 4) is 22.7 Å². The number of aromatic nitrogens is 2. The van der Waals surface area contributed by atoms with Crippen molar-refractivity contribution in [1.29, 1.82) is 0 Å². The molecule has 1 fully saturated rings. The average molecular weight is 502 g/mol. The Kier molecular flexibility index (Phi) is 6.48. The van der Waals surface area contributed by atoms with E-state index in [2.05, 4.69) is 0 Å². The molecule has 5 nitrogen and oxygen atoms in total. The highest BCUT2D eigenvalue weighted by molar-refractivity contribution is 8.26. The predicted molar refractivity (Wildman–Crippen MR) is 141 cm³/mol. The first-order chi connectivity index (χ1) is 17.0. The van der Waals surface area contributed by atoms with Crippen LogP contribution in [0.4, 0.5) is 4.39 Å². The van der Waals surface area contributed by atoms with E-state index in [0.29, 0.717) is 27.3 Å². The molecule has 35 heavy (non-hydrogen) atoms. The van der Waals surface area contributed by atoms with E-state index in [1.165, 1.54) is 28.8 Å². The van der Waals surface area contributed by atoms with Gasteiger partial charge in [-0.05, 0) is 48.0 Å². The minimum atomic E-state index is -0.280. The molecular weight excluding hydrogens is 481 g/mol. The smallest absolute Gasteiger partial charge is 0.265 e. The summed E-state index contributed by atoms with van der Waals surface area (Å²) in [4.78, 5) is 14.6. The molecule has 174 valence electrons. The van der Waals surface area contributed by atoms with Crippen LogP contribution in [-0.4, -0.2) is 32.0 Å². The fourth-order valence-electron chi connectivity index (χ4n) is 3.60. The Labute approximate surface area is 211 Å². The maximum absolute atomic E-state index is 13.2. The number of benzene rings is 3. The Balaban J connectivity index is 1.50. The molecule has 0 atom stereocenters. The van der Waals surface area contributed by atoms with Crippen LogP contribution in [0.15, 0.2) is 90.0 Å². The van der Waals surface area contributed by atoms with Gasteiger partial charge in [-0.15, -0.1) is 0 Å². The number of ether oxygens (including phenoxy) is 1. The molecule has 1 saturated heterocycles. The number of thioether (sulfide) groups is 1. The second-order valence-corrected chi connectivity index (χ2v) is 9.57. The number of halogens is 1. The van der Waals surface area contributed by atoms with Crippen LogP contribution in [0.2, 0.25) is 0 Å². The lowest BCUT2D eigenvalue weighted by molar-refractivity contribution is -0.121. The van der Waals surface area contributed by atoms with Gasteiger partial charge in [0.05, 0.1) is 10.6 Å². The molecule has 1 aromatic heterocycles. The first-order valence-corrected chi connectivity index (χ1v) is 12.0. The van der Waals surface area contributed by atoms with Crippen molar-refractivity contribution in [2.75, 3.05) is 7.05 Å². The fourth-order valence-corrected chi connectivity index (χ4v) is 4.77. The first-order valence-electron chi connectivity index (χ1n) is 10.8. The summed E-state index contributed by atoms with van der Waals surface area (Å²) >= 11 is 6.56. The Morgan fingerprint density at radius 3 is 2.54 bits per heavy atom. The molecular formula is C27H20FN3O2S2. The minimum Gasteiger partial charge on any atom is -0.489 e. The van der Waals surface area contributed by atoms with Gasteiger partial charge in [0.2, 0.25) is 0 Å². The molecule has 1 aliphatic rings. The maximum Gasteiger partial charge on any atom is 0.265 e. The SMILES string of the molecule is CN1C(=O)C(=Cc2cn(-c3ccccc3)nc2-c2cccc(OCc3ccc(F)cc3)c2)SC1=S. The zero-order chi connectivity index (χ0) is 24.4. The number of carbonyl (C=O) groups excluding carboxylic acids is 1. The van der Waals surface area contributed by atoms with Crippen molar-refractivity contribution in [3.05, 3.63) is 107 Å². The van der Waals surface area contributed by atoms with Crippen LogP contribution in [0.5, 0.6) is 5.75 Å². The van der Waals surface area contributed by atoms with Gasteiger partial charge >= 0.3 is 0 Å². The molecule has 1 aliphatic heterocycles. The standard InChI is InChI=1S/C27H20FN3O2S2/c1-30-26(32)24(35-27(30)34)15-20-16-31(22-7-3-2-4-8-22)29-25(20)19-6-5-9-23(14-19)33-17-18-10-12-21(28)13-11-18/h2-16H,17H2,1H3. The normalized spacial score (nSPS) is 14.7. The van der Waals surface area contributed by atoms with E-state index in [0.717, 1.165) is 22.4 Å². The van der Waals surface area contributed by atoms with Gasteiger partial charge < -0.3 is 4.74 Å². The van der Waals surface area contributed by atoms with Gasteiger partial charge in [-0.1, -0.05) is 66.4 Å². The topological polar surface area (TPSA) is 47.4 Å². The lowest BCUT2D eigenvalue weighted by Crippen LogP contribution is -2.22. The quantitative estimate of drug-likeness (QED) is 0.236. The van der Waals surface area contributed by atoms with Crippen LogP contribution >= 0.6 is 24.0 Å². The zero-order valence-corrected chi connectivity index (χ0v) is 20.4. The van der Waals surface area contributed by atoms with Crippen molar-refractivity contribution >= 4 is 40.3 Å². The van der Waals surface area contributed by atoms with Gasteiger partial charge in [0, 0.05) is 24.4 Å². The molecule has 0 spiro atoms. The molecule has 1 amide bonds. The summed E-state index contributed by atoms with van der Waals surface area (Å²) in [5, 5.41) is 4.83. The monoisotopic (exact) mass is 501 g/mol. The number of likely N-dealkylation sites (N-methyl/N-ethyl adjacent to an activating group) is 1. The molecule has 4 aromatic rings. The van der Waals surface area contributed by atoms with E-state index >= 15 is 0 Å². The van der Waals surface area contributed by atoms with E-state index in [4.69, 9.17) is 22.1 Å². The van der Waals surface area contributed by atoms with Crippen LogP contribution in [-0.2, 0) is 11.4 Å². The Morgan fingerprint density at radius 1 is 1.06 bits per heavy atom. The molecule has 0 unspecified atom stereocenters. The molecule has 0 N–H and O–H groups in total. The third kappa shape index (κ3) is 5.03. The number of amides is 1. The molecule has 0 bridgehead atoms. The Morgan fingerprint density at radius 2 is 1.83 bits per heavy atom. The molecule has 0 saturated carbocycles. The second kappa shape index (κ2) is 9.85. The van der Waals surface area contributed by atoms with Crippen molar-refractivity contribution in [2.24, 2.45) is 0 Å². The minimum absolute atomic E-state index is 0.130. The third-order valence-corrected chi connectivity index (χ3v) is 6.95. The molecule has 0 radical (unpaired) electrons. The number of thiocarbonyl (C=S) groups is 1. The van der Waals surface area contributed by atoms with Crippen LogP contribution in [0.3, 0.4) is 0 Å². The van der Waals surface area contributed by atoms with Gasteiger partial charge in [-0.3, -0.25) is 9.69 Å². The molecule has 2 heterocycles. The van der Waals surface area contributed by atoms with Crippen molar-refractivity contribution < 1.29 is 13.9 Å². The van der Waals surface area contributed by atoms with E-state index in [1.807, 2.05) is 66.9 Å². The predicted octanol–water partition coefficient (Wildman–Crippen LogP) is 6.09. The number of rotatable bonds is 6. The van der Waals surface area contributed by atoms with E-state index in [9.17, 15) is 9.18 Å². The van der Waals surface area contributed by atoms with Gasteiger partial charge in [0.1, 0.15) is 28.2 Å². The number of carbonyl (C=O) groups is 1. The van der Waals surface area contributed by atoms with Crippen LogP contribution in [0.1, 0.15) is 11.1 Å². The number of nitrogens with zero attached hydrogens (tertiary/aromatic N) is 3. The molecule has 3 aromatic carbocycles. The van der Waals surface area contributed by atoms with E-state index < -0.39 is 0 Å². The highest BCUT2D eigenvalue weighted by atomic mass is 32.2. The van der Waals surface area contributed by atoms with Crippen LogP contribution < -0.4 is 4.74 Å².